The number of hydrogen-bond donors (Lipinski definition) is 0. The average Bonchev–Trinajstić information content (AvgIpc) is 3.05. The van der Waals surface area contributed by atoms with E-state index in [1.807, 2.05) is 0 Å². The third-order valence-corrected chi connectivity index (χ3v) is 5.16. The molecule has 0 aliphatic carbocycles. The minimum atomic E-state index is 0.586. The van der Waals surface area contributed by atoms with E-state index in [1.54, 1.807) is 11.5 Å². The summed E-state index contributed by atoms with van der Waals surface area (Å²) in [6.07, 6.45) is 2.09. The van der Waals surface area contributed by atoms with Crippen LogP contribution in [0, 0.1) is 0 Å². The van der Waals surface area contributed by atoms with Gasteiger partial charge in [0.05, 0.1) is 0 Å². The van der Waals surface area contributed by atoms with Gasteiger partial charge >= 0.3 is 0 Å². The fourth-order valence-corrected chi connectivity index (χ4v) is 3.78. The summed E-state index contributed by atoms with van der Waals surface area (Å²) in [7, 11) is 0. The summed E-state index contributed by atoms with van der Waals surface area (Å²) in [5.41, 5.74) is 1.40. The van der Waals surface area contributed by atoms with Crippen LogP contribution in [0.4, 0.5) is 5.13 Å². The largest absolute Gasteiger partial charge is 0.344 e. The summed E-state index contributed by atoms with van der Waals surface area (Å²) in [6, 6.07) is 11.4. The van der Waals surface area contributed by atoms with Crippen LogP contribution in [0.5, 0.6) is 0 Å². The number of hydrogen-bond acceptors (Lipinski definition) is 5. The minimum Gasteiger partial charge on any atom is -0.344 e. The van der Waals surface area contributed by atoms with Crippen LogP contribution in [0.25, 0.3) is 0 Å². The molecule has 1 unspecified atom stereocenters. The SMILES string of the molecule is CCc1nsc(N2CCN(Cc3ccccc3)C(CC)C2)n1. The van der Waals surface area contributed by atoms with Crippen molar-refractivity contribution in [1.29, 1.82) is 0 Å². The molecule has 4 nitrogen and oxygen atoms in total. The number of aryl methyl sites for hydroxylation is 1. The average molecular weight is 316 g/mol. The van der Waals surface area contributed by atoms with E-state index in [0.717, 1.165) is 43.6 Å². The fraction of sp³-hybridized carbons (Fsp3) is 0.529. The van der Waals surface area contributed by atoms with E-state index >= 15 is 0 Å². The lowest BCUT2D eigenvalue weighted by Crippen LogP contribution is -2.52. The maximum atomic E-state index is 4.64. The van der Waals surface area contributed by atoms with Crippen LogP contribution in [0.3, 0.4) is 0 Å². The molecule has 1 fully saturated rings. The van der Waals surface area contributed by atoms with Gasteiger partial charge in [-0.25, -0.2) is 4.98 Å². The van der Waals surface area contributed by atoms with E-state index in [9.17, 15) is 0 Å². The highest BCUT2D eigenvalue weighted by Crippen LogP contribution is 2.23. The second kappa shape index (κ2) is 7.20. The first-order chi connectivity index (χ1) is 10.8. The van der Waals surface area contributed by atoms with Crippen molar-refractivity contribution >= 4 is 16.7 Å². The van der Waals surface area contributed by atoms with Gasteiger partial charge in [0.15, 0.2) is 0 Å². The van der Waals surface area contributed by atoms with Crippen molar-refractivity contribution in [2.75, 3.05) is 24.5 Å². The van der Waals surface area contributed by atoms with Gasteiger partial charge in [0, 0.05) is 50.2 Å². The Kier molecular flexibility index (Phi) is 5.05. The number of nitrogens with zero attached hydrogens (tertiary/aromatic N) is 4. The highest BCUT2D eigenvalue weighted by atomic mass is 32.1. The van der Waals surface area contributed by atoms with Crippen molar-refractivity contribution in [2.24, 2.45) is 0 Å². The Morgan fingerprint density at radius 2 is 2.00 bits per heavy atom. The molecule has 0 spiro atoms. The van der Waals surface area contributed by atoms with E-state index in [2.05, 4.69) is 63.3 Å². The first-order valence-corrected chi connectivity index (χ1v) is 8.93. The maximum absolute atomic E-state index is 4.64. The topological polar surface area (TPSA) is 32.3 Å². The van der Waals surface area contributed by atoms with E-state index in [4.69, 9.17) is 0 Å². The van der Waals surface area contributed by atoms with Crippen molar-refractivity contribution in [3.8, 4) is 0 Å². The Balaban J connectivity index is 1.65. The molecule has 0 bridgehead atoms. The van der Waals surface area contributed by atoms with Crippen molar-refractivity contribution in [3.05, 3.63) is 41.7 Å². The summed E-state index contributed by atoms with van der Waals surface area (Å²) >= 11 is 1.54. The number of piperazine rings is 1. The molecule has 5 heteroatoms. The lowest BCUT2D eigenvalue weighted by molar-refractivity contribution is 0.164. The zero-order valence-corrected chi connectivity index (χ0v) is 14.2. The Morgan fingerprint density at radius 3 is 2.68 bits per heavy atom. The monoisotopic (exact) mass is 316 g/mol. The molecule has 1 aromatic heterocycles. The van der Waals surface area contributed by atoms with Crippen LogP contribution in [-0.2, 0) is 13.0 Å². The summed E-state index contributed by atoms with van der Waals surface area (Å²) in [4.78, 5) is 9.66. The van der Waals surface area contributed by atoms with Gasteiger partial charge < -0.3 is 4.90 Å². The second-order valence-corrected chi connectivity index (χ2v) is 6.54. The van der Waals surface area contributed by atoms with Crippen LogP contribution in [0.2, 0.25) is 0 Å². The minimum absolute atomic E-state index is 0.586. The number of rotatable bonds is 5. The van der Waals surface area contributed by atoms with Crippen molar-refractivity contribution in [1.82, 2.24) is 14.3 Å². The Bertz CT molecular complexity index is 583. The van der Waals surface area contributed by atoms with Gasteiger partial charge in [-0.15, -0.1) is 0 Å². The van der Waals surface area contributed by atoms with E-state index in [-0.39, 0.29) is 0 Å². The summed E-state index contributed by atoms with van der Waals surface area (Å²) in [5.74, 6) is 0.972. The van der Waals surface area contributed by atoms with Crippen LogP contribution < -0.4 is 4.90 Å². The van der Waals surface area contributed by atoms with Gasteiger partial charge in [-0.05, 0) is 12.0 Å². The third-order valence-electron chi connectivity index (χ3n) is 4.35. The van der Waals surface area contributed by atoms with Crippen LogP contribution in [-0.4, -0.2) is 39.9 Å². The second-order valence-electron chi connectivity index (χ2n) is 5.81. The van der Waals surface area contributed by atoms with Crippen molar-refractivity contribution in [2.45, 2.75) is 39.3 Å². The zero-order valence-electron chi connectivity index (χ0n) is 13.4. The molecule has 0 amide bonds. The molecule has 1 aliphatic rings. The lowest BCUT2D eigenvalue weighted by Gasteiger charge is -2.41. The number of benzene rings is 1. The number of aromatic nitrogens is 2. The lowest BCUT2D eigenvalue weighted by atomic mass is 10.1. The van der Waals surface area contributed by atoms with Crippen LogP contribution in [0.15, 0.2) is 30.3 Å². The predicted molar refractivity (Wildman–Crippen MR) is 92.4 cm³/mol. The summed E-state index contributed by atoms with van der Waals surface area (Å²) < 4.78 is 4.42. The predicted octanol–water partition coefficient (Wildman–Crippen LogP) is 3.20. The molecule has 0 N–H and O–H groups in total. The van der Waals surface area contributed by atoms with E-state index < -0.39 is 0 Å². The van der Waals surface area contributed by atoms with Crippen molar-refractivity contribution in [3.63, 3.8) is 0 Å². The molecule has 22 heavy (non-hydrogen) atoms. The van der Waals surface area contributed by atoms with Gasteiger partial charge in [-0.3, -0.25) is 4.90 Å². The first-order valence-electron chi connectivity index (χ1n) is 8.15. The Labute approximate surface area is 137 Å². The molecule has 2 heterocycles. The molecule has 0 radical (unpaired) electrons. The normalized spacial score (nSPS) is 19.5. The standard InChI is InChI=1S/C17H24N4S/c1-3-15-13-21(17-18-16(4-2)19-22-17)11-10-20(15)12-14-8-6-5-7-9-14/h5-9,15H,3-4,10-13H2,1-2H3. The molecule has 1 saturated heterocycles. The Morgan fingerprint density at radius 1 is 1.18 bits per heavy atom. The zero-order chi connectivity index (χ0) is 15.4. The smallest absolute Gasteiger partial charge is 0.205 e. The molecular weight excluding hydrogens is 292 g/mol. The van der Waals surface area contributed by atoms with Gasteiger partial charge in [-0.2, -0.15) is 4.37 Å². The molecule has 3 rings (SSSR count). The maximum Gasteiger partial charge on any atom is 0.205 e. The van der Waals surface area contributed by atoms with Gasteiger partial charge in [0.25, 0.3) is 0 Å². The highest BCUT2D eigenvalue weighted by molar-refractivity contribution is 7.09. The van der Waals surface area contributed by atoms with Crippen LogP contribution in [0.1, 0.15) is 31.7 Å². The summed E-state index contributed by atoms with van der Waals surface area (Å²) in [6.45, 7) is 8.63. The van der Waals surface area contributed by atoms with Gasteiger partial charge in [0.2, 0.25) is 5.13 Å². The summed E-state index contributed by atoms with van der Waals surface area (Å²) in [5, 5.41) is 1.09. The molecule has 1 aliphatic heterocycles. The molecular formula is C17H24N4S. The molecule has 0 saturated carbocycles. The van der Waals surface area contributed by atoms with E-state index in [1.165, 1.54) is 12.0 Å². The van der Waals surface area contributed by atoms with E-state index in [0.29, 0.717) is 6.04 Å². The quantitative estimate of drug-likeness (QED) is 0.848. The fourth-order valence-electron chi connectivity index (χ4n) is 3.00. The molecule has 118 valence electrons. The molecule has 1 aromatic carbocycles. The number of anilines is 1. The Hall–Kier alpha value is -1.46. The molecule has 1 atom stereocenters. The highest BCUT2D eigenvalue weighted by Gasteiger charge is 2.27. The van der Waals surface area contributed by atoms with Gasteiger partial charge in [0.1, 0.15) is 5.82 Å². The molecule has 2 aromatic rings. The van der Waals surface area contributed by atoms with Gasteiger partial charge in [-0.1, -0.05) is 44.2 Å². The van der Waals surface area contributed by atoms with Crippen molar-refractivity contribution < 1.29 is 0 Å². The van der Waals surface area contributed by atoms with Crippen LogP contribution >= 0.6 is 11.5 Å². The third kappa shape index (κ3) is 3.47. The first kappa shape index (κ1) is 15.4.